The molecule has 0 aliphatic heterocycles. The second kappa shape index (κ2) is 105. The summed E-state index contributed by atoms with van der Waals surface area (Å²) in [5.41, 5.74) is 0. The first-order valence-electron chi connectivity index (χ1n) is 2.37. The summed E-state index contributed by atoms with van der Waals surface area (Å²) < 4.78 is 15.6. The van der Waals surface area contributed by atoms with E-state index in [0.29, 0.717) is 13.3 Å². The second-order valence-electron chi connectivity index (χ2n) is 0.712. The third-order valence-corrected chi connectivity index (χ3v) is 0.333. The van der Waals surface area contributed by atoms with E-state index in [1.165, 1.54) is 14.2 Å². The average molecular weight is 613 g/mol. The van der Waals surface area contributed by atoms with Crippen LogP contribution in [-0.2, 0) is 14.1 Å². The molecule has 6 nitrogen and oxygen atoms in total. The Hall–Kier alpha value is 1.12. The fourth-order valence-corrected chi connectivity index (χ4v) is 0.0833. The van der Waals surface area contributed by atoms with E-state index in [0.717, 1.165) is 7.11 Å². The fraction of sp³-hybridized carbons (Fsp3) is 0.778. The summed E-state index contributed by atoms with van der Waals surface area (Å²) in [5, 5.41) is 7.00. The molecule has 0 saturated heterocycles. The Morgan fingerprint density at radius 3 is 1.17 bits per heavy atom. The van der Waals surface area contributed by atoms with Crippen LogP contribution >= 0.6 is 37.2 Å². The summed E-state index contributed by atoms with van der Waals surface area (Å²) >= 11 is 5.30. The van der Waals surface area contributed by atoms with E-state index < -0.39 is 6.16 Å². The molecule has 0 aromatic heterocycles. The molecular weight excluding hydrogens is 585 g/mol. The van der Waals surface area contributed by atoms with Gasteiger partial charge < -0.3 is 20.1 Å². The third kappa shape index (κ3) is 170. The summed E-state index contributed by atoms with van der Waals surface area (Å²) in [5.74, 6) is 0. The number of hydrogen-bond acceptors (Lipinski definition) is 4. The van der Waals surface area contributed by atoms with E-state index in [1.807, 2.05) is 0 Å². The number of rotatable bonds is 0. The number of halogens is 3. The molecular formula is C9H28I3O6-. The first-order valence-corrected chi connectivity index (χ1v) is 14.9. The van der Waals surface area contributed by atoms with Crippen LogP contribution in [-0.4, -0.2) is 38.1 Å². The van der Waals surface area contributed by atoms with Crippen molar-refractivity contribution in [2.75, 3.05) is 21.3 Å². The van der Waals surface area contributed by atoms with Gasteiger partial charge in [-0.1, -0.05) is 29.7 Å². The first-order chi connectivity index (χ1) is 6.22. The topological polar surface area (TPSA) is 107 Å². The Balaban J connectivity index is -0.00000000868. The van der Waals surface area contributed by atoms with Crippen molar-refractivity contribution in [2.24, 2.45) is 0 Å². The number of hydrogen-bond donors (Lipinski definition) is 1. The molecule has 0 aliphatic carbocycles. The summed E-state index contributed by atoms with van der Waals surface area (Å²) in [6, 6.07) is 0. The molecule has 18 heavy (non-hydrogen) atoms. The van der Waals surface area contributed by atoms with Gasteiger partial charge in [0.25, 0.3) is 0 Å². The molecule has 0 aromatic carbocycles. The van der Waals surface area contributed by atoms with Gasteiger partial charge in [0, 0.05) is 7.11 Å². The molecule has 0 unspecified atom stereocenters. The van der Waals surface area contributed by atoms with E-state index in [-0.39, 0.29) is 35.2 Å². The van der Waals surface area contributed by atoms with E-state index >= 15 is 0 Å². The van der Waals surface area contributed by atoms with Gasteiger partial charge in [0.05, 0.1) is 14.2 Å². The van der Waals surface area contributed by atoms with E-state index in [2.05, 4.69) is 53.4 Å². The Morgan fingerprint density at radius 1 is 1.06 bits per heavy atom. The second-order valence-corrected chi connectivity index (χ2v) is 17.0. The summed E-state index contributed by atoms with van der Waals surface area (Å²) in [6.07, 6.45) is -0.657. The Morgan fingerprint density at radius 2 is 1.17 bits per heavy atom. The molecule has 3 N–H and O–H groups in total. The van der Waals surface area contributed by atoms with Crippen LogP contribution in [0, 0.1) is 6.65 Å². The van der Waals surface area contributed by atoms with Gasteiger partial charge in [0.1, 0.15) is 0 Å². The van der Waals surface area contributed by atoms with Crippen LogP contribution in [0.4, 0.5) is 4.79 Å². The molecule has 0 aliphatic rings. The molecule has 0 spiro atoms. The van der Waals surface area contributed by atoms with Gasteiger partial charge in [0.15, 0.2) is 0 Å². The maximum atomic E-state index is 9.74. The number of aliphatic hydroxyl groups excluding tert-OH is 1. The van der Waals surface area contributed by atoms with Crippen molar-refractivity contribution in [3.8, 4) is 0 Å². The molecule has 0 amide bonds. The van der Waals surface area contributed by atoms with Crippen LogP contribution in [0.25, 0.3) is 0 Å². The zero-order valence-electron chi connectivity index (χ0n) is 7.71. The minimum atomic E-state index is -0.657. The predicted molar refractivity (Wildman–Crippen MR) is 90.1 cm³/mol. The van der Waals surface area contributed by atoms with Crippen molar-refractivity contribution in [1.82, 2.24) is 0 Å². The van der Waals surface area contributed by atoms with Crippen molar-refractivity contribution in [2.45, 2.75) is 29.7 Å². The van der Waals surface area contributed by atoms with E-state index in [1.54, 1.807) is 0 Å². The molecule has 0 saturated carbocycles. The Kier molecular flexibility index (Phi) is 357. The van der Waals surface area contributed by atoms with Crippen LogP contribution in [0.5, 0.6) is 0 Å². The number of carbonyl (C=O) groups is 1. The standard InChI is InChI=1S/C3H6O3.CH4O.CO.4CH4.I3.H2O/c1-5-3(4)6-2;2*1-2;;;;;1-3-2;/h1-2H3;2H,1H3;;4*1H4;;1H2/q;;;;;;;-1;. The van der Waals surface area contributed by atoms with Gasteiger partial charge >= 0.3 is 67.9 Å². The Bertz CT molecular complexity index is 97.5. The van der Waals surface area contributed by atoms with Crippen molar-refractivity contribution in [3.05, 3.63) is 6.65 Å². The van der Waals surface area contributed by atoms with Crippen molar-refractivity contribution in [3.63, 3.8) is 0 Å². The molecule has 0 radical (unpaired) electrons. The minimum absolute atomic E-state index is 0. The van der Waals surface area contributed by atoms with Crippen molar-refractivity contribution >= 4 is 43.4 Å². The monoisotopic (exact) mass is 613 g/mol. The normalized spacial score (nSPS) is 4.00. The van der Waals surface area contributed by atoms with Gasteiger partial charge in [0.2, 0.25) is 0 Å². The molecule has 122 valence electrons. The summed E-state index contributed by atoms with van der Waals surface area (Å²) in [6.45, 7) is 4.50. The van der Waals surface area contributed by atoms with Gasteiger partial charge in [-0.2, -0.15) is 0 Å². The number of carbonyl (C=O) groups excluding carboxylic acids is 1. The molecule has 0 rings (SSSR count). The number of methoxy groups -OCH3 is 2. The zero-order chi connectivity index (χ0) is 11.7. The van der Waals surface area contributed by atoms with Crippen LogP contribution in [0.2, 0.25) is 0 Å². The summed E-state index contributed by atoms with van der Waals surface area (Å²) in [4.78, 5) is 9.74. The van der Waals surface area contributed by atoms with Crippen molar-refractivity contribution < 1.29 is 42.8 Å². The van der Waals surface area contributed by atoms with Crippen LogP contribution in [0.1, 0.15) is 29.7 Å². The first kappa shape index (κ1) is 61.3. The van der Waals surface area contributed by atoms with Gasteiger partial charge in [-0.15, -0.1) is 0 Å². The average Bonchev–Trinajstić information content (AvgIpc) is 2.24. The quantitative estimate of drug-likeness (QED) is 0.186. The SMILES string of the molecule is C.C.C.C.CO.COC(=O)OC.I[I-]I.O.[C-]#[O+]. The van der Waals surface area contributed by atoms with Gasteiger partial charge in [-0.25, -0.2) is 4.79 Å². The maximum absolute atomic E-state index is 9.74. The summed E-state index contributed by atoms with van der Waals surface area (Å²) in [7, 11) is 3.51. The Labute approximate surface area is 142 Å². The van der Waals surface area contributed by atoms with E-state index in [4.69, 9.17) is 9.76 Å². The zero-order valence-corrected chi connectivity index (χ0v) is 14.2. The molecule has 0 bridgehead atoms. The molecule has 0 atom stereocenters. The number of aliphatic hydroxyl groups is 1. The third-order valence-electron chi connectivity index (χ3n) is 0.333. The van der Waals surface area contributed by atoms with Gasteiger partial charge in [-0.05, 0) is 0 Å². The fourth-order valence-electron chi connectivity index (χ4n) is 0.0833. The number of ether oxygens (including phenoxy) is 2. The van der Waals surface area contributed by atoms with Crippen LogP contribution in [0.15, 0.2) is 0 Å². The molecule has 0 heterocycles. The van der Waals surface area contributed by atoms with Crippen LogP contribution in [0.3, 0.4) is 0 Å². The molecule has 9 heteroatoms. The van der Waals surface area contributed by atoms with Crippen molar-refractivity contribution in [1.29, 1.82) is 0 Å². The van der Waals surface area contributed by atoms with Crippen LogP contribution < -0.4 is 13.3 Å². The predicted octanol–water partition coefficient (Wildman–Crippen LogP) is 0.465. The molecule has 0 aromatic rings. The van der Waals surface area contributed by atoms with Gasteiger partial charge in [-0.3, -0.25) is 0 Å². The van der Waals surface area contributed by atoms with E-state index in [9.17, 15) is 4.79 Å². The molecule has 0 fully saturated rings.